The average Bonchev–Trinajstić information content (AvgIpc) is 2.28. The van der Waals surface area contributed by atoms with Crippen LogP contribution in [0.1, 0.15) is 5.56 Å². The van der Waals surface area contributed by atoms with Gasteiger partial charge in [0.2, 0.25) is 0 Å². The van der Waals surface area contributed by atoms with Crippen LogP contribution in [0.2, 0.25) is 0 Å². The van der Waals surface area contributed by atoms with E-state index in [4.69, 9.17) is 0 Å². The van der Waals surface area contributed by atoms with E-state index in [1.807, 2.05) is 6.07 Å². The third-order valence-corrected chi connectivity index (χ3v) is 2.99. The summed E-state index contributed by atoms with van der Waals surface area (Å²) in [7, 11) is 0. The van der Waals surface area contributed by atoms with E-state index in [2.05, 4.69) is 35.6 Å². The topological polar surface area (TPSA) is 32.3 Å². The molecule has 84 valence electrons. The van der Waals surface area contributed by atoms with Gasteiger partial charge in [0.15, 0.2) is 0 Å². The minimum atomic E-state index is -0.251. The second-order valence-electron chi connectivity index (χ2n) is 4.06. The van der Waals surface area contributed by atoms with Gasteiger partial charge in [-0.25, -0.2) is 0 Å². The SMILES string of the molecule is Cl.OC1CNc2c(ccc3ccccc23)C1. The van der Waals surface area contributed by atoms with Crippen molar-refractivity contribution in [2.45, 2.75) is 12.5 Å². The third-order valence-electron chi connectivity index (χ3n) is 2.99. The van der Waals surface area contributed by atoms with E-state index in [-0.39, 0.29) is 18.5 Å². The number of aliphatic hydroxyl groups excluding tert-OH is 1. The molecule has 0 bridgehead atoms. The first kappa shape index (κ1) is 11.2. The molecule has 1 aliphatic heterocycles. The molecule has 3 rings (SSSR count). The molecule has 0 aromatic heterocycles. The van der Waals surface area contributed by atoms with Crippen LogP contribution < -0.4 is 5.32 Å². The fraction of sp³-hybridized carbons (Fsp3) is 0.231. The smallest absolute Gasteiger partial charge is 0.0753 e. The first-order valence-electron chi connectivity index (χ1n) is 5.27. The van der Waals surface area contributed by atoms with Crippen molar-refractivity contribution < 1.29 is 5.11 Å². The highest BCUT2D eigenvalue weighted by Gasteiger charge is 2.17. The second kappa shape index (κ2) is 4.32. The Morgan fingerprint density at radius 2 is 1.94 bits per heavy atom. The molecule has 0 radical (unpaired) electrons. The zero-order valence-corrected chi connectivity index (χ0v) is 9.63. The first-order chi connectivity index (χ1) is 7.34. The Bertz CT molecular complexity index is 512. The number of hydrogen-bond donors (Lipinski definition) is 2. The number of fused-ring (bicyclic) bond motifs is 3. The van der Waals surface area contributed by atoms with E-state index >= 15 is 0 Å². The highest BCUT2D eigenvalue weighted by atomic mass is 35.5. The minimum absolute atomic E-state index is 0. The minimum Gasteiger partial charge on any atom is -0.391 e. The molecule has 1 aliphatic rings. The summed E-state index contributed by atoms with van der Waals surface area (Å²) in [6.07, 6.45) is 0.506. The van der Waals surface area contributed by atoms with Crippen molar-refractivity contribution in [1.29, 1.82) is 0 Å². The van der Waals surface area contributed by atoms with Gasteiger partial charge in [-0.15, -0.1) is 12.4 Å². The van der Waals surface area contributed by atoms with Gasteiger partial charge < -0.3 is 10.4 Å². The van der Waals surface area contributed by atoms with E-state index in [1.165, 1.54) is 22.0 Å². The highest BCUT2D eigenvalue weighted by Crippen LogP contribution is 2.30. The van der Waals surface area contributed by atoms with Gasteiger partial charge in [-0.3, -0.25) is 0 Å². The van der Waals surface area contributed by atoms with Crippen LogP contribution in [0.5, 0.6) is 0 Å². The van der Waals surface area contributed by atoms with E-state index in [9.17, 15) is 5.11 Å². The molecule has 2 aromatic rings. The van der Waals surface area contributed by atoms with Gasteiger partial charge in [-0.1, -0.05) is 36.4 Å². The number of aliphatic hydroxyl groups is 1. The van der Waals surface area contributed by atoms with E-state index in [0.29, 0.717) is 6.54 Å². The number of hydrogen-bond acceptors (Lipinski definition) is 2. The Balaban J connectivity index is 0.000000963. The number of benzene rings is 2. The molecular weight excluding hydrogens is 222 g/mol. The molecule has 0 amide bonds. The molecule has 2 nitrogen and oxygen atoms in total. The average molecular weight is 236 g/mol. The number of nitrogens with one attached hydrogen (secondary N) is 1. The third kappa shape index (κ3) is 1.75. The zero-order valence-electron chi connectivity index (χ0n) is 8.81. The van der Waals surface area contributed by atoms with Crippen LogP contribution in [0.3, 0.4) is 0 Å². The van der Waals surface area contributed by atoms with Crippen molar-refractivity contribution in [1.82, 2.24) is 0 Å². The quantitative estimate of drug-likeness (QED) is 0.736. The molecule has 0 aliphatic carbocycles. The standard InChI is InChI=1S/C13H13NO.ClH/c15-11-7-10-6-5-9-3-1-2-4-12(9)13(10)14-8-11;/h1-6,11,14-15H,7-8H2;1H. The van der Waals surface area contributed by atoms with Gasteiger partial charge in [0, 0.05) is 24.0 Å². The van der Waals surface area contributed by atoms with Crippen LogP contribution >= 0.6 is 12.4 Å². The summed E-state index contributed by atoms with van der Waals surface area (Å²) >= 11 is 0. The molecule has 3 heteroatoms. The molecule has 2 aromatic carbocycles. The van der Waals surface area contributed by atoms with Gasteiger partial charge in [-0.05, 0) is 10.9 Å². The fourth-order valence-electron chi connectivity index (χ4n) is 2.24. The number of anilines is 1. The molecule has 2 N–H and O–H groups in total. The maximum absolute atomic E-state index is 9.57. The van der Waals surface area contributed by atoms with Crippen LogP contribution in [-0.4, -0.2) is 17.8 Å². The van der Waals surface area contributed by atoms with Crippen molar-refractivity contribution in [2.24, 2.45) is 0 Å². The van der Waals surface area contributed by atoms with Gasteiger partial charge >= 0.3 is 0 Å². The van der Waals surface area contributed by atoms with Crippen molar-refractivity contribution >= 4 is 28.9 Å². The lowest BCUT2D eigenvalue weighted by Crippen LogP contribution is -2.27. The number of β-amino-alcohol motifs (C(OH)–C–C–N with tert-alkyl or cyclic N) is 1. The predicted octanol–water partition coefficient (Wildman–Crippen LogP) is 2.59. The maximum Gasteiger partial charge on any atom is 0.0753 e. The summed E-state index contributed by atoms with van der Waals surface area (Å²) in [5, 5.41) is 15.4. The zero-order chi connectivity index (χ0) is 10.3. The summed E-state index contributed by atoms with van der Waals surface area (Å²) in [6.45, 7) is 0.654. The molecule has 1 unspecified atom stereocenters. The normalized spacial score (nSPS) is 18.4. The number of rotatable bonds is 0. The van der Waals surface area contributed by atoms with E-state index < -0.39 is 0 Å². The maximum atomic E-state index is 9.57. The Morgan fingerprint density at radius 3 is 2.81 bits per heavy atom. The summed E-state index contributed by atoms with van der Waals surface area (Å²) < 4.78 is 0. The van der Waals surface area contributed by atoms with Crippen molar-refractivity contribution in [2.75, 3.05) is 11.9 Å². The second-order valence-corrected chi connectivity index (χ2v) is 4.06. The first-order valence-corrected chi connectivity index (χ1v) is 5.27. The monoisotopic (exact) mass is 235 g/mol. The molecule has 0 spiro atoms. The van der Waals surface area contributed by atoms with Gasteiger partial charge in [-0.2, -0.15) is 0 Å². The highest BCUT2D eigenvalue weighted by molar-refractivity contribution is 5.95. The lowest BCUT2D eigenvalue weighted by molar-refractivity contribution is 0.185. The largest absolute Gasteiger partial charge is 0.391 e. The molecule has 1 heterocycles. The van der Waals surface area contributed by atoms with Crippen molar-refractivity contribution in [3.05, 3.63) is 42.0 Å². The molecule has 16 heavy (non-hydrogen) atoms. The van der Waals surface area contributed by atoms with Crippen molar-refractivity contribution in [3.8, 4) is 0 Å². The Labute approximate surface area is 101 Å². The van der Waals surface area contributed by atoms with Crippen molar-refractivity contribution in [3.63, 3.8) is 0 Å². The molecule has 1 atom stereocenters. The Morgan fingerprint density at radius 1 is 1.12 bits per heavy atom. The molecular formula is C13H14ClNO. The van der Waals surface area contributed by atoms with Crippen LogP contribution in [0, 0.1) is 0 Å². The summed E-state index contributed by atoms with van der Waals surface area (Å²) in [5.74, 6) is 0. The summed E-state index contributed by atoms with van der Waals surface area (Å²) in [6, 6.07) is 12.6. The number of halogens is 1. The Hall–Kier alpha value is -1.25. The fourth-order valence-corrected chi connectivity index (χ4v) is 2.24. The lowest BCUT2D eigenvalue weighted by atomic mass is 9.97. The van der Waals surface area contributed by atoms with Gasteiger partial charge in [0.25, 0.3) is 0 Å². The molecule has 0 saturated heterocycles. The lowest BCUT2D eigenvalue weighted by Gasteiger charge is -2.23. The van der Waals surface area contributed by atoms with Crippen LogP contribution in [-0.2, 0) is 6.42 Å². The Kier molecular flexibility index (Phi) is 3.03. The molecule has 0 saturated carbocycles. The summed E-state index contributed by atoms with van der Waals surface area (Å²) in [4.78, 5) is 0. The van der Waals surface area contributed by atoms with Gasteiger partial charge in [0.1, 0.15) is 0 Å². The van der Waals surface area contributed by atoms with Gasteiger partial charge in [0.05, 0.1) is 6.10 Å². The van der Waals surface area contributed by atoms with E-state index in [0.717, 1.165) is 6.42 Å². The molecule has 0 fully saturated rings. The van der Waals surface area contributed by atoms with Crippen LogP contribution in [0.4, 0.5) is 5.69 Å². The predicted molar refractivity (Wildman–Crippen MR) is 69.4 cm³/mol. The van der Waals surface area contributed by atoms with Crippen LogP contribution in [0.25, 0.3) is 10.8 Å². The van der Waals surface area contributed by atoms with Crippen LogP contribution in [0.15, 0.2) is 36.4 Å². The summed E-state index contributed by atoms with van der Waals surface area (Å²) in [5.41, 5.74) is 2.41. The van der Waals surface area contributed by atoms with E-state index in [1.54, 1.807) is 0 Å².